The van der Waals surface area contributed by atoms with Crippen molar-refractivity contribution in [2.75, 3.05) is 0 Å². The van der Waals surface area contributed by atoms with Gasteiger partial charge in [-0.15, -0.1) is 0 Å². The molecule has 0 heterocycles. The van der Waals surface area contributed by atoms with Crippen LogP contribution >= 0.6 is 0 Å². The molecule has 0 bridgehead atoms. The van der Waals surface area contributed by atoms with E-state index in [1.165, 1.54) is 12.8 Å². The van der Waals surface area contributed by atoms with Gasteiger partial charge in [0.2, 0.25) is 0 Å². The van der Waals surface area contributed by atoms with Crippen molar-refractivity contribution in [2.24, 2.45) is 11.8 Å². The third kappa shape index (κ3) is 1.39. The highest BCUT2D eigenvalue weighted by molar-refractivity contribution is 5.81. The summed E-state index contributed by atoms with van der Waals surface area (Å²) in [6.45, 7) is 4.26. The average Bonchev–Trinajstić information content (AvgIpc) is 1.95. The van der Waals surface area contributed by atoms with Gasteiger partial charge in [-0.25, -0.2) is 0 Å². The molecule has 0 aromatic heterocycles. The molecule has 1 aliphatic carbocycles. The normalized spacial score (nSPS) is 34.4. The Morgan fingerprint density at radius 1 is 1.60 bits per heavy atom. The van der Waals surface area contributed by atoms with Crippen LogP contribution in [-0.4, -0.2) is 5.78 Å². The van der Waals surface area contributed by atoms with Crippen LogP contribution in [0.3, 0.4) is 0 Å². The number of hydrogen-bond acceptors (Lipinski definition) is 1. The van der Waals surface area contributed by atoms with E-state index >= 15 is 0 Å². The Labute approximate surface area is 62.8 Å². The molecule has 10 heavy (non-hydrogen) atoms. The summed E-state index contributed by atoms with van der Waals surface area (Å²) in [4.78, 5) is 11.2. The summed E-state index contributed by atoms with van der Waals surface area (Å²) in [5, 5.41) is 0. The molecule has 58 valence electrons. The van der Waals surface area contributed by atoms with Crippen LogP contribution in [0.2, 0.25) is 0 Å². The van der Waals surface area contributed by atoms with Crippen molar-refractivity contribution in [1.29, 1.82) is 0 Å². The van der Waals surface area contributed by atoms with Gasteiger partial charge in [-0.05, 0) is 18.8 Å². The minimum absolute atomic E-state index is 0.346. The molecule has 2 atom stereocenters. The van der Waals surface area contributed by atoms with Gasteiger partial charge >= 0.3 is 0 Å². The fraction of sp³-hybridized carbons (Fsp3) is 0.889. The lowest BCUT2D eigenvalue weighted by molar-refractivity contribution is -0.126. The zero-order valence-electron chi connectivity index (χ0n) is 6.89. The molecule has 1 aliphatic rings. The van der Waals surface area contributed by atoms with Gasteiger partial charge in [0, 0.05) is 12.3 Å². The molecule has 1 rings (SSSR count). The highest BCUT2D eigenvalue weighted by Crippen LogP contribution is 2.28. The smallest absolute Gasteiger partial charge is 0.135 e. The van der Waals surface area contributed by atoms with E-state index in [4.69, 9.17) is 0 Å². The standard InChI is InChI=1S/C9H16O/c1-3-8-5-4-6-9(10)7(8)2/h7-8H,3-6H2,1-2H3/t7-,8+/m1/s1. The lowest BCUT2D eigenvalue weighted by Crippen LogP contribution is -2.25. The second kappa shape index (κ2) is 3.18. The number of ketones is 1. The van der Waals surface area contributed by atoms with E-state index in [-0.39, 0.29) is 0 Å². The van der Waals surface area contributed by atoms with Gasteiger partial charge in [0.05, 0.1) is 0 Å². The molecule has 1 heteroatoms. The molecule has 0 amide bonds. The fourth-order valence-electron chi connectivity index (χ4n) is 1.84. The van der Waals surface area contributed by atoms with E-state index in [2.05, 4.69) is 13.8 Å². The van der Waals surface area contributed by atoms with Crippen molar-refractivity contribution >= 4 is 5.78 Å². The number of carbonyl (C=O) groups is 1. The SMILES string of the molecule is CC[C@H]1CCCC(=O)[C@@H]1C. The van der Waals surface area contributed by atoms with Crippen molar-refractivity contribution in [1.82, 2.24) is 0 Å². The Bertz CT molecular complexity index is 129. The Morgan fingerprint density at radius 3 is 2.80 bits per heavy atom. The molecule has 0 radical (unpaired) electrons. The lowest BCUT2D eigenvalue weighted by atomic mass is 9.78. The highest BCUT2D eigenvalue weighted by atomic mass is 16.1. The van der Waals surface area contributed by atoms with Gasteiger partial charge in [0.25, 0.3) is 0 Å². The zero-order chi connectivity index (χ0) is 7.56. The van der Waals surface area contributed by atoms with E-state index in [9.17, 15) is 4.79 Å². The van der Waals surface area contributed by atoms with Crippen LogP contribution in [0.5, 0.6) is 0 Å². The third-order valence-corrected chi connectivity index (χ3v) is 2.74. The van der Waals surface area contributed by atoms with E-state index < -0.39 is 0 Å². The third-order valence-electron chi connectivity index (χ3n) is 2.74. The monoisotopic (exact) mass is 140 g/mol. The van der Waals surface area contributed by atoms with Gasteiger partial charge in [-0.1, -0.05) is 20.3 Å². The zero-order valence-corrected chi connectivity index (χ0v) is 6.89. The first-order valence-corrected chi connectivity index (χ1v) is 4.28. The topological polar surface area (TPSA) is 17.1 Å². The number of Topliss-reactive ketones (excluding diaryl/α,β-unsaturated/α-hetero) is 1. The second-order valence-electron chi connectivity index (χ2n) is 3.32. The number of hydrogen-bond donors (Lipinski definition) is 0. The van der Waals surface area contributed by atoms with E-state index in [1.807, 2.05) is 0 Å². The van der Waals surface area contributed by atoms with Gasteiger partial charge in [0.15, 0.2) is 0 Å². The van der Waals surface area contributed by atoms with Crippen LogP contribution in [0.4, 0.5) is 0 Å². The summed E-state index contributed by atoms with van der Waals surface area (Å²) < 4.78 is 0. The maximum absolute atomic E-state index is 11.2. The molecule has 1 nitrogen and oxygen atoms in total. The molecule has 0 N–H and O–H groups in total. The molecule has 0 aromatic carbocycles. The average molecular weight is 140 g/mol. The molecule has 1 fully saturated rings. The summed E-state index contributed by atoms with van der Waals surface area (Å²) >= 11 is 0. The minimum atomic E-state index is 0.346. The van der Waals surface area contributed by atoms with Crippen LogP contribution in [-0.2, 0) is 4.79 Å². The van der Waals surface area contributed by atoms with Gasteiger partial charge in [-0.2, -0.15) is 0 Å². The predicted octanol–water partition coefficient (Wildman–Crippen LogP) is 2.40. The summed E-state index contributed by atoms with van der Waals surface area (Å²) in [6.07, 6.45) is 4.40. The van der Waals surface area contributed by atoms with Gasteiger partial charge in [0.1, 0.15) is 5.78 Å². The first kappa shape index (κ1) is 7.77. The van der Waals surface area contributed by atoms with Gasteiger partial charge < -0.3 is 0 Å². The quantitative estimate of drug-likeness (QED) is 0.546. The van der Waals surface area contributed by atoms with Crippen LogP contribution in [0, 0.1) is 11.8 Å². The molecular weight excluding hydrogens is 124 g/mol. The molecule has 0 spiro atoms. The summed E-state index contributed by atoms with van der Waals surface area (Å²) in [5.74, 6) is 1.51. The maximum Gasteiger partial charge on any atom is 0.135 e. The van der Waals surface area contributed by atoms with E-state index in [1.54, 1.807) is 0 Å². The van der Waals surface area contributed by atoms with Crippen LogP contribution in [0.15, 0.2) is 0 Å². The minimum Gasteiger partial charge on any atom is -0.299 e. The summed E-state index contributed by atoms with van der Waals surface area (Å²) in [6, 6.07) is 0. The molecule has 0 aromatic rings. The molecule has 0 aliphatic heterocycles. The van der Waals surface area contributed by atoms with Crippen LogP contribution < -0.4 is 0 Å². The molecule has 1 saturated carbocycles. The lowest BCUT2D eigenvalue weighted by Gasteiger charge is -2.26. The molecule has 0 unspecified atom stereocenters. The largest absolute Gasteiger partial charge is 0.299 e. The van der Waals surface area contributed by atoms with Crippen molar-refractivity contribution in [3.05, 3.63) is 0 Å². The van der Waals surface area contributed by atoms with Gasteiger partial charge in [-0.3, -0.25) is 4.79 Å². The van der Waals surface area contributed by atoms with Crippen LogP contribution in [0.25, 0.3) is 0 Å². The van der Waals surface area contributed by atoms with Crippen molar-refractivity contribution in [2.45, 2.75) is 39.5 Å². The van der Waals surface area contributed by atoms with Crippen molar-refractivity contribution in [3.63, 3.8) is 0 Å². The maximum atomic E-state index is 11.2. The number of rotatable bonds is 1. The first-order chi connectivity index (χ1) is 4.75. The molecular formula is C9H16O. The highest BCUT2D eigenvalue weighted by Gasteiger charge is 2.25. The predicted molar refractivity (Wildman–Crippen MR) is 41.8 cm³/mol. The molecule has 0 saturated heterocycles. The Balaban J connectivity index is 2.51. The van der Waals surface area contributed by atoms with Crippen LogP contribution in [0.1, 0.15) is 39.5 Å². The Hall–Kier alpha value is -0.330. The summed E-state index contributed by atoms with van der Waals surface area (Å²) in [5.41, 5.74) is 0. The van der Waals surface area contributed by atoms with E-state index in [0.29, 0.717) is 17.6 Å². The van der Waals surface area contributed by atoms with Crippen molar-refractivity contribution in [3.8, 4) is 0 Å². The Kier molecular flexibility index (Phi) is 2.47. The fourth-order valence-corrected chi connectivity index (χ4v) is 1.84. The summed E-state index contributed by atoms with van der Waals surface area (Å²) in [7, 11) is 0. The van der Waals surface area contributed by atoms with E-state index in [0.717, 1.165) is 12.8 Å². The Morgan fingerprint density at radius 2 is 2.30 bits per heavy atom. The van der Waals surface area contributed by atoms with Crippen molar-refractivity contribution < 1.29 is 4.79 Å². The second-order valence-corrected chi connectivity index (χ2v) is 3.32. The first-order valence-electron chi connectivity index (χ1n) is 4.28. The number of carbonyl (C=O) groups excluding carboxylic acids is 1.